The Hall–Kier alpha value is -1.59. The largest absolute Gasteiger partial charge is 0.340 e. The fourth-order valence-electron chi connectivity index (χ4n) is 4.58. The molecule has 158 valence electrons. The average Bonchev–Trinajstić information content (AvgIpc) is 3.16. The van der Waals surface area contributed by atoms with Gasteiger partial charge in [0.25, 0.3) is 0 Å². The summed E-state index contributed by atoms with van der Waals surface area (Å²) in [7, 11) is 0. The lowest BCUT2D eigenvalue weighted by molar-refractivity contribution is -0.137. The van der Waals surface area contributed by atoms with Crippen molar-refractivity contribution in [3.63, 3.8) is 0 Å². The number of nitrogens with zero attached hydrogens (tertiary/aromatic N) is 2. The van der Waals surface area contributed by atoms with Gasteiger partial charge in [0.05, 0.1) is 6.04 Å². The molecule has 2 aromatic carbocycles. The molecule has 0 aromatic heterocycles. The molecule has 4 rings (SSSR count). The molecule has 2 atom stereocenters. The van der Waals surface area contributed by atoms with Crippen molar-refractivity contribution in [1.82, 2.24) is 9.80 Å². The van der Waals surface area contributed by atoms with Gasteiger partial charge in [-0.2, -0.15) is 0 Å². The predicted octanol–water partition coefficient (Wildman–Crippen LogP) is 3.89. The fourth-order valence-corrected chi connectivity index (χ4v) is 4.58. The van der Waals surface area contributed by atoms with Gasteiger partial charge in [-0.15, -0.1) is 24.8 Å². The van der Waals surface area contributed by atoms with Crippen LogP contribution in [0, 0.1) is 5.92 Å². The van der Waals surface area contributed by atoms with Gasteiger partial charge in [0, 0.05) is 38.1 Å². The Morgan fingerprint density at radius 3 is 1.79 bits per heavy atom. The smallest absolute Gasteiger partial charge is 0.225 e. The SMILES string of the molecule is Cl.Cl.NC1CCC(C(=O)N2CCN(C(c3ccccc3)c3ccccc3)CC2)C1. The zero-order chi connectivity index (χ0) is 18.6. The molecule has 2 N–H and O–H groups in total. The molecule has 0 spiro atoms. The van der Waals surface area contributed by atoms with E-state index in [9.17, 15) is 4.79 Å². The third-order valence-corrected chi connectivity index (χ3v) is 6.04. The van der Waals surface area contributed by atoms with Crippen LogP contribution in [0.2, 0.25) is 0 Å². The van der Waals surface area contributed by atoms with Crippen LogP contribution in [0.15, 0.2) is 60.7 Å². The highest BCUT2D eigenvalue weighted by Gasteiger charge is 2.34. The van der Waals surface area contributed by atoms with Crippen molar-refractivity contribution in [3.8, 4) is 0 Å². The third-order valence-electron chi connectivity index (χ3n) is 6.04. The minimum Gasteiger partial charge on any atom is -0.340 e. The number of hydrogen-bond acceptors (Lipinski definition) is 3. The molecule has 0 bridgehead atoms. The van der Waals surface area contributed by atoms with E-state index < -0.39 is 0 Å². The highest BCUT2D eigenvalue weighted by atomic mass is 35.5. The molecule has 2 aromatic rings. The zero-order valence-corrected chi connectivity index (χ0v) is 18.3. The molecule has 29 heavy (non-hydrogen) atoms. The molecule has 1 aliphatic heterocycles. The summed E-state index contributed by atoms with van der Waals surface area (Å²) < 4.78 is 0. The molecule has 1 amide bonds. The molecule has 1 saturated heterocycles. The van der Waals surface area contributed by atoms with Crippen molar-refractivity contribution < 1.29 is 4.79 Å². The van der Waals surface area contributed by atoms with Gasteiger partial charge in [0.2, 0.25) is 5.91 Å². The highest BCUT2D eigenvalue weighted by Crippen LogP contribution is 2.31. The van der Waals surface area contributed by atoms with Crippen molar-refractivity contribution in [3.05, 3.63) is 71.8 Å². The van der Waals surface area contributed by atoms with E-state index in [1.165, 1.54) is 11.1 Å². The third kappa shape index (κ3) is 5.52. The van der Waals surface area contributed by atoms with E-state index in [0.29, 0.717) is 5.91 Å². The van der Waals surface area contributed by atoms with Crippen molar-refractivity contribution >= 4 is 30.7 Å². The molecule has 1 aliphatic carbocycles. The molecule has 2 fully saturated rings. The van der Waals surface area contributed by atoms with Gasteiger partial charge >= 0.3 is 0 Å². The van der Waals surface area contributed by atoms with Crippen LogP contribution < -0.4 is 5.73 Å². The minimum atomic E-state index is 0. The second-order valence-electron chi connectivity index (χ2n) is 7.86. The lowest BCUT2D eigenvalue weighted by Gasteiger charge is -2.40. The summed E-state index contributed by atoms with van der Waals surface area (Å²) in [6.45, 7) is 3.42. The minimum absolute atomic E-state index is 0. The predicted molar refractivity (Wildman–Crippen MR) is 123 cm³/mol. The first-order chi connectivity index (χ1) is 13.2. The van der Waals surface area contributed by atoms with Crippen LogP contribution in [0.1, 0.15) is 36.4 Å². The first kappa shape index (κ1) is 23.7. The number of hydrogen-bond donors (Lipinski definition) is 1. The summed E-state index contributed by atoms with van der Waals surface area (Å²) in [4.78, 5) is 17.4. The molecule has 4 nitrogen and oxygen atoms in total. The van der Waals surface area contributed by atoms with Crippen LogP contribution in [0.3, 0.4) is 0 Å². The Morgan fingerprint density at radius 1 is 0.828 bits per heavy atom. The van der Waals surface area contributed by atoms with E-state index >= 15 is 0 Å². The molecule has 1 heterocycles. The molecular formula is C23H31Cl2N3O. The zero-order valence-electron chi connectivity index (χ0n) is 16.7. The Morgan fingerprint density at radius 2 is 1.34 bits per heavy atom. The number of rotatable bonds is 4. The van der Waals surface area contributed by atoms with Gasteiger partial charge in [-0.05, 0) is 30.4 Å². The second-order valence-corrected chi connectivity index (χ2v) is 7.86. The van der Waals surface area contributed by atoms with E-state index in [-0.39, 0.29) is 42.8 Å². The number of carbonyl (C=O) groups excluding carboxylic acids is 1. The number of halogens is 2. The van der Waals surface area contributed by atoms with Crippen LogP contribution in [0.5, 0.6) is 0 Å². The summed E-state index contributed by atoms with van der Waals surface area (Å²) in [6.07, 6.45) is 2.80. The Labute approximate surface area is 186 Å². The highest BCUT2D eigenvalue weighted by molar-refractivity contribution is 5.85. The number of nitrogens with two attached hydrogens (primary N) is 1. The number of carbonyl (C=O) groups is 1. The van der Waals surface area contributed by atoms with Crippen LogP contribution >= 0.6 is 24.8 Å². The quantitative estimate of drug-likeness (QED) is 0.791. The maximum Gasteiger partial charge on any atom is 0.225 e. The fraction of sp³-hybridized carbons (Fsp3) is 0.435. The number of benzene rings is 2. The van der Waals surface area contributed by atoms with Gasteiger partial charge in [0.15, 0.2) is 0 Å². The van der Waals surface area contributed by atoms with Crippen molar-refractivity contribution in [2.75, 3.05) is 26.2 Å². The summed E-state index contributed by atoms with van der Waals surface area (Å²) in [5.41, 5.74) is 8.62. The normalized spacial score (nSPS) is 22.1. The van der Waals surface area contributed by atoms with E-state index in [1.807, 2.05) is 0 Å². The summed E-state index contributed by atoms with van der Waals surface area (Å²) >= 11 is 0. The number of amides is 1. The van der Waals surface area contributed by atoms with E-state index in [1.54, 1.807) is 0 Å². The molecular weight excluding hydrogens is 405 g/mol. The topological polar surface area (TPSA) is 49.6 Å². The standard InChI is InChI=1S/C23H29N3O.2ClH/c24-21-12-11-20(17-21)23(27)26-15-13-25(14-16-26)22(18-7-3-1-4-8-18)19-9-5-2-6-10-19;;/h1-10,20-22H,11-17,24H2;2*1H. The molecule has 1 saturated carbocycles. The number of piperazine rings is 1. The maximum absolute atomic E-state index is 12.8. The summed E-state index contributed by atoms with van der Waals surface area (Å²) in [5.74, 6) is 0.462. The van der Waals surface area contributed by atoms with Crippen LogP contribution in [0.4, 0.5) is 0 Å². The van der Waals surface area contributed by atoms with Crippen molar-refractivity contribution in [2.24, 2.45) is 11.7 Å². The van der Waals surface area contributed by atoms with Crippen molar-refractivity contribution in [1.29, 1.82) is 0 Å². The van der Waals surface area contributed by atoms with Gasteiger partial charge in [-0.1, -0.05) is 60.7 Å². The Kier molecular flexibility index (Phi) is 8.97. The molecule has 6 heteroatoms. The van der Waals surface area contributed by atoms with Gasteiger partial charge in [-0.25, -0.2) is 0 Å². The lowest BCUT2D eigenvalue weighted by atomic mass is 9.96. The van der Waals surface area contributed by atoms with Gasteiger partial charge < -0.3 is 10.6 Å². The average molecular weight is 436 g/mol. The second kappa shape index (κ2) is 11.0. The Bertz CT molecular complexity index is 712. The summed E-state index contributed by atoms with van der Waals surface area (Å²) in [6, 6.07) is 21.8. The molecule has 2 aliphatic rings. The Balaban J connectivity index is 0.00000150. The molecule has 0 radical (unpaired) electrons. The van der Waals surface area contributed by atoms with E-state index in [4.69, 9.17) is 5.73 Å². The monoisotopic (exact) mass is 435 g/mol. The van der Waals surface area contributed by atoms with Crippen LogP contribution in [-0.4, -0.2) is 47.9 Å². The first-order valence-corrected chi connectivity index (χ1v) is 10.1. The van der Waals surface area contributed by atoms with E-state index in [0.717, 1.165) is 45.4 Å². The van der Waals surface area contributed by atoms with E-state index in [2.05, 4.69) is 70.5 Å². The first-order valence-electron chi connectivity index (χ1n) is 10.1. The van der Waals surface area contributed by atoms with Gasteiger partial charge in [0.1, 0.15) is 0 Å². The maximum atomic E-state index is 12.8. The summed E-state index contributed by atoms with van der Waals surface area (Å²) in [5, 5.41) is 0. The van der Waals surface area contributed by atoms with Crippen LogP contribution in [-0.2, 0) is 4.79 Å². The lowest BCUT2D eigenvalue weighted by Crippen LogP contribution is -2.51. The molecule has 2 unspecified atom stereocenters. The van der Waals surface area contributed by atoms with Crippen molar-refractivity contribution in [2.45, 2.75) is 31.3 Å². The van der Waals surface area contributed by atoms with Crippen LogP contribution in [0.25, 0.3) is 0 Å². The van der Waals surface area contributed by atoms with Gasteiger partial charge in [-0.3, -0.25) is 9.69 Å².